The van der Waals surface area contributed by atoms with Gasteiger partial charge in [-0.2, -0.15) is 0 Å². The quantitative estimate of drug-likeness (QED) is 0.255. The molecule has 0 aliphatic heterocycles. The van der Waals surface area contributed by atoms with E-state index in [1.54, 1.807) is 0 Å². The van der Waals surface area contributed by atoms with Crippen LogP contribution in [0, 0.1) is 0 Å². The molecule has 0 spiro atoms. The fourth-order valence-corrected chi connectivity index (χ4v) is 2.42. The maximum Gasteiger partial charge on any atom is 0.303 e. The Morgan fingerprint density at radius 3 is 1.55 bits per heavy atom. The minimum atomic E-state index is -0.689. The van der Waals surface area contributed by atoms with Crippen molar-refractivity contribution in [2.24, 2.45) is 0 Å². The summed E-state index contributed by atoms with van der Waals surface area (Å²) in [5.74, 6) is -0.689. The van der Waals surface area contributed by atoms with Crippen LogP contribution in [0.25, 0.3) is 0 Å². The summed E-state index contributed by atoms with van der Waals surface area (Å²) in [5.41, 5.74) is 0. The van der Waals surface area contributed by atoms with Gasteiger partial charge in [-0.3, -0.25) is 4.79 Å². The van der Waals surface area contributed by atoms with Crippen molar-refractivity contribution in [1.82, 2.24) is 0 Å². The predicted molar refractivity (Wildman–Crippen MR) is 96.2 cm³/mol. The van der Waals surface area contributed by atoms with Crippen LogP contribution < -0.4 is 0 Å². The molecule has 0 rings (SSSR count). The Balaban J connectivity index is 3.11. The molecular formula is C20H36O2. The van der Waals surface area contributed by atoms with Gasteiger partial charge in [0.15, 0.2) is 0 Å². The van der Waals surface area contributed by atoms with Gasteiger partial charge in [0.1, 0.15) is 0 Å². The van der Waals surface area contributed by atoms with Crippen LogP contribution in [0.3, 0.4) is 0 Å². The number of unbranched alkanes of at least 4 members (excludes halogenated alkanes) is 10. The van der Waals surface area contributed by atoms with E-state index in [1.807, 2.05) is 0 Å². The van der Waals surface area contributed by atoms with E-state index in [1.165, 1.54) is 64.2 Å². The molecule has 0 aromatic carbocycles. The molecule has 0 amide bonds. The SMILES string of the molecule is CCCC=CCCCCCCCCCC=CCCCC(=O)O. The lowest BCUT2D eigenvalue weighted by atomic mass is 10.1. The number of hydrogen-bond acceptors (Lipinski definition) is 1. The van der Waals surface area contributed by atoms with Crippen molar-refractivity contribution in [3.63, 3.8) is 0 Å². The highest BCUT2D eigenvalue weighted by molar-refractivity contribution is 5.66. The number of rotatable bonds is 16. The third kappa shape index (κ3) is 18.9. The maximum absolute atomic E-state index is 10.3. The Morgan fingerprint density at radius 1 is 0.682 bits per heavy atom. The molecule has 0 aliphatic rings. The first-order valence-corrected chi connectivity index (χ1v) is 9.29. The summed E-state index contributed by atoms with van der Waals surface area (Å²) in [6.07, 6.45) is 25.3. The number of carboxylic acid groups (broad SMARTS) is 1. The Morgan fingerprint density at radius 2 is 1.09 bits per heavy atom. The maximum atomic E-state index is 10.3. The lowest BCUT2D eigenvalue weighted by Crippen LogP contribution is -1.92. The Hall–Kier alpha value is -1.05. The van der Waals surface area contributed by atoms with Crippen molar-refractivity contribution >= 4 is 5.97 Å². The summed E-state index contributed by atoms with van der Waals surface area (Å²) in [6.45, 7) is 2.22. The van der Waals surface area contributed by atoms with Crippen LogP contribution in [0.4, 0.5) is 0 Å². The lowest BCUT2D eigenvalue weighted by Gasteiger charge is -2.00. The third-order valence-corrected chi connectivity index (χ3v) is 3.79. The first kappa shape index (κ1) is 20.9. The van der Waals surface area contributed by atoms with Gasteiger partial charge in [-0.05, 0) is 44.9 Å². The minimum absolute atomic E-state index is 0.290. The van der Waals surface area contributed by atoms with Gasteiger partial charge in [0.2, 0.25) is 0 Å². The number of aliphatic carboxylic acids is 1. The highest BCUT2D eigenvalue weighted by atomic mass is 16.4. The van der Waals surface area contributed by atoms with Crippen molar-refractivity contribution < 1.29 is 9.90 Å². The molecule has 22 heavy (non-hydrogen) atoms. The molecule has 1 N–H and O–H groups in total. The van der Waals surface area contributed by atoms with Gasteiger partial charge in [-0.15, -0.1) is 0 Å². The molecule has 2 heteroatoms. The first-order valence-electron chi connectivity index (χ1n) is 9.29. The predicted octanol–water partition coefficient (Wildman–Crippen LogP) is 6.66. The molecule has 0 radical (unpaired) electrons. The summed E-state index contributed by atoms with van der Waals surface area (Å²) in [5, 5.41) is 8.51. The van der Waals surface area contributed by atoms with Crippen LogP contribution in [0.5, 0.6) is 0 Å². The molecule has 0 heterocycles. The van der Waals surface area contributed by atoms with Gasteiger partial charge >= 0.3 is 5.97 Å². The smallest absolute Gasteiger partial charge is 0.303 e. The Bertz CT molecular complexity index is 292. The number of hydrogen-bond donors (Lipinski definition) is 1. The second-order valence-electron chi connectivity index (χ2n) is 6.07. The van der Waals surface area contributed by atoms with E-state index >= 15 is 0 Å². The van der Waals surface area contributed by atoms with E-state index in [9.17, 15) is 4.79 Å². The van der Waals surface area contributed by atoms with Gasteiger partial charge in [-0.1, -0.05) is 69.8 Å². The van der Waals surface area contributed by atoms with Gasteiger partial charge in [0, 0.05) is 6.42 Å². The fraction of sp³-hybridized carbons (Fsp3) is 0.750. The monoisotopic (exact) mass is 308 g/mol. The van der Waals surface area contributed by atoms with E-state index in [0.29, 0.717) is 6.42 Å². The first-order chi connectivity index (χ1) is 10.8. The molecular weight excluding hydrogens is 272 g/mol. The minimum Gasteiger partial charge on any atom is -0.481 e. The average molecular weight is 309 g/mol. The third-order valence-electron chi connectivity index (χ3n) is 3.79. The van der Waals surface area contributed by atoms with Crippen LogP contribution in [0.2, 0.25) is 0 Å². The van der Waals surface area contributed by atoms with Crippen molar-refractivity contribution in [3.8, 4) is 0 Å². The van der Waals surface area contributed by atoms with Crippen LogP contribution in [-0.4, -0.2) is 11.1 Å². The standard InChI is InChI=1S/C20H36O2/c1-2-3-4-5-6-7-8-9-10-11-12-13-14-15-16-17-18-19-20(21)22/h4-5,15-16H,2-3,6-14,17-19H2,1H3,(H,21,22). The highest BCUT2D eigenvalue weighted by Gasteiger charge is 1.93. The molecule has 0 bridgehead atoms. The van der Waals surface area contributed by atoms with Crippen molar-refractivity contribution in [2.75, 3.05) is 0 Å². The summed E-state index contributed by atoms with van der Waals surface area (Å²) >= 11 is 0. The highest BCUT2D eigenvalue weighted by Crippen LogP contribution is 2.10. The zero-order chi connectivity index (χ0) is 16.3. The van der Waals surface area contributed by atoms with Crippen LogP contribution in [0.15, 0.2) is 24.3 Å². The van der Waals surface area contributed by atoms with Crippen molar-refractivity contribution in [2.45, 2.75) is 96.8 Å². The molecule has 0 saturated heterocycles. The topological polar surface area (TPSA) is 37.3 Å². The van der Waals surface area contributed by atoms with Crippen molar-refractivity contribution in [1.29, 1.82) is 0 Å². The number of carboxylic acids is 1. The number of carbonyl (C=O) groups is 1. The second kappa shape index (κ2) is 18.0. The molecule has 0 aromatic rings. The average Bonchev–Trinajstić information content (AvgIpc) is 2.50. The van der Waals surface area contributed by atoms with Crippen LogP contribution in [0.1, 0.15) is 96.8 Å². The summed E-state index contributed by atoms with van der Waals surface area (Å²) in [4.78, 5) is 10.3. The fourth-order valence-electron chi connectivity index (χ4n) is 2.42. The molecule has 0 fully saturated rings. The largest absolute Gasteiger partial charge is 0.481 e. The summed E-state index contributed by atoms with van der Waals surface area (Å²) in [7, 11) is 0. The molecule has 0 aromatic heterocycles. The Labute approximate surface area is 137 Å². The molecule has 0 unspecified atom stereocenters. The van der Waals surface area contributed by atoms with E-state index in [-0.39, 0.29) is 0 Å². The van der Waals surface area contributed by atoms with Gasteiger partial charge in [-0.25, -0.2) is 0 Å². The van der Waals surface area contributed by atoms with Gasteiger partial charge < -0.3 is 5.11 Å². The summed E-state index contributed by atoms with van der Waals surface area (Å²) < 4.78 is 0. The van der Waals surface area contributed by atoms with Crippen LogP contribution in [-0.2, 0) is 4.79 Å². The molecule has 0 atom stereocenters. The molecule has 128 valence electrons. The lowest BCUT2D eigenvalue weighted by molar-refractivity contribution is -0.137. The van der Waals surface area contributed by atoms with Gasteiger partial charge in [0.05, 0.1) is 0 Å². The Kier molecular flexibility index (Phi) is 17.1. The van der Waals surface area contributed by atoms with E-state index in [0.717, 1.165) is 19.3 Å². The number of allylic oxidation sites excluding steroid dienone is 4. The van der Waals surface area contributed by atoms with E-state index in [4.69, 9.17) is 5.11 Å². The second-order valence-corrected chi connectivity index (χ2v) is 6.07. The summed E-state index contributed by atoms with van der Waals surface area (Å²) in [6, 6.07) is 0. The van der Waals surface area contributed by atoms with Crippen molar-refractivity contribution in [3.05, 3.63) is 24.3 Å². The van der Waals surface area contributed by atoms with E-state index in [2.05, 4.69) is 31.2 Å². The van der Waals surface area contributed by atoms with E-state index < -0.39 is 5.97 Å². The molecule has 0 aliphatic carbocycles. The zero-order valence-corrected chi connectivity index (χ0v) is 14.6. The molecule has 2 nitrogen and oxygen atoms in total. The molecule has 0 saturated carbocycles. The zero-order valence-electron chi connectivity index (χ0n) is 14.6. The van der Waals surface area contributed by atoms with Gasteiger partial charge in [0.25, 0.3) is 0 Å². The van der Waals surface area contributed by atoms with Crippen LogP contribution >= 0.6 is 0 Å². The normalized spacial score (nSPS) is 11.7.